The maximum atomic E-state index is 5.86. The van der Waals surface area contributed by atoms with Gasteiger partial charge in [0, 0.05) is 24.3 Å². The van der Waals surface area contributed by atoms with Gasteiger partial charge < -0.3 is 0 Å². The van der Waals surface area contributed by atoms with Crippen LogP contribution in [0.15, 0.2) is 18.5 Å². The number of nitrogens with zero attached hydrogens (tertiary/aromatic N) is 3. The summed E-state index contributed by atoms with van der Waals surface area (Å²) in [5, 5.41) is 0.161. The smallest absolute Gasteiger partial charge is 0.142 e. The van der Waals surface area contributed by atoms with Crippen LogP contribution in [-0.4, -0.2) is 33.8 Å². The van der Waals surface area contributed by atoms with Gasteiger partial charge in [-0.05, 0) is 20.0 Å². The van der Waals surface area contributed by atoms with Gasteiger partial charge in [0.05, 0.1) is 6.54 Å². The van der Waals surface area contributed by atoms with Crippen molar-refractivity contribution in [1.82, 2.24) is 14.9 Å². The summed E-state index contributed by atoms with van der Waals surface area (Å²) in [7, 11) is 2.01. The molecule has 0 fully saturated rings. The minimum Gasteiger partial charge on any atom is -0.298 e. The molecule has 0 saturated heterocycles. The zero-order valence-corrected chi connectivity index (χ0v) is 8.70. The Kier molecular flexibility index (Phi) is 4.12. The van der Waals surface area contributed by atoms with Crippen LogP contribution in [0, 0.1) is 0 Å². The summed E-state index contributed by atoms with van der Waals surface area (Å²) in [5.74, 6) is 0.835. The van der Waals surface area contributed by atoms with Gasteiger partial charge in [0.15, 0.2) is 0 Å². The predicted octanol–water partition coefficient (Wildman–Crippen LogP) is 1.54. The molecule has 0 N–H and O–H groups in total. The van der Waals surface area contributed by atoms with Crippen LogP contribution in [-0.2, 0) is 6.54 Å². The molecule has 0 saturated carbocycles. The Hall–Kier alpha value is -0.670. The van der Waals surface area contributed by atoms with E-state index >= 15 is 0 Å². The van der Waals surface area contributed by atoms with Crippen molar-refractivity contribution in [2.75, 3.05) is 13.6 Å². The minimum absolute atomic E-state index is 0.161. The second-order valence-electron chi connectivity index (χ2n) is 3.14. The van der Waals surface area contributed by atoms with Gasteiger partial charge in [0.25, 0.3) is 0 Å². The molecule has 3 nitrogen and oxygen atoms in total. The molecule has 1 aromatic rings. The number of hydrogen-bond acceptors (Lipinski definition) is 3. The lowest BCUT2D eigenvalue weighted by atomic mass is 10.4. The molecule has 0 spiro atoms. The summed E-state index contributed by atoms with van der Waals surface area (Å²) in [6.45, 7) is 3.57. The Morgan fingerprint density at radius 2 is 2.08 bits per heavy atom. The highest BCUT2D eigenvalue weighted by Gasteiger charge is 2.04. The maximum absolute atomic E-state index is 5.86. The highest BCUT2D eigenvalue weighted by atomic mass is 35.5. The lowest BCUT2D eigenvalue weighted by molar-refractivity contribution is 0.321. The topological polar surface area (TPSA) is 29.0 Å². The van der Waals surface area contributed by atoms with Crippen LogP contribution in [0.2, 0.25) is 0 Å². The van der Waals surface area contributed by atoms with Crippen LogP contribution >= 0.6 is 11.6 Å². The average molecular weight is 200 g/mol. The first-order valence-electron chi connectivity index (χ1n) is 4.27. The minimum atomic E-state index is 0.161. The van der Waals surface area contributed by atoms with Crippen LogP contribution in [0.5, 0.6) is 0 Å². The van der Waals surface area contributed by atoms with E-state index in [0.29, 0.717) is 0 Å². The molecule has 1 aromatic heterocycles. The molecule has 0 aliphatic rings. The van der Waals surface area contributed by atoms with Gasteiger partial charge in [0.2, 0.25) is 0 Å². The first kappa shape index (κ1) is 10.4. The van der Waals surface area contributed by atoms with Crippen molar-refractivity contribution >= 4 is 11.6 Å². The van der Waals surface area contributed by atoms with Crippen LogP contribution < -0.4 is 0 Å². The molecule has 0 aliphatic carbocycles. The van der Waals surface area contributed by atoms with E-state index in [1.165, 1.54) is 0 Å². The number of alkyl halides is 1. The first-order chi connectivity index (χ1) is 6.18. The third-order valence-electron chi connectivity index (χ3n) is 1.59. The largest absolute Gasteiger partial charge is 0.298 e. The molecule has 0 aliphatic heterocycles. The predicted molar refractivity (Wildman–Crippen MR) is 53.7 cm³/mol. The van der Waals surface area contributed by atoms with Gasteiger partial charge in [-0.3, -0.25) is 4.90 Å². The Labute approximate surface area is 83.8 Å². The molecular formula is C9H14ClN3. The zero-order chi connectivity index (χ0) is 9.68. The van der Waals surface area contributed by atoms with E-state index in [9.17, 15) is 0 Å². The summed E-state index contributed by atoms with van der Waals surface area (Å²) >= 11 is 5.86. The average Bonchev–Trinajstić information content (AvgIpc) is 2.04. The third kappa shape index (κ3) is 4.20. The van der Waals surface area contributed by atoms with Crippen molar-refractivity contribution in [3.63, 3.8) is 0 Å². The molecule has 0 amide bonds. The molecule has 4 heteroatoms. The van der Waals surface area contributed by atoms with Crippen molar-refractivity contribution in [3.05, 3.63) is 24.3 Å². The zero-order valence-electron chi connectivity index (χ0n) is 7.94. The fourth-order valence-electron chi connectivity index (χ4n) is 1.15. The van der Waals surface area contributed by atoms with Crippen LogP contribution in [0.4, 0.5) is 0 Å². The van der Waals surface area contributed by atoms with E-state index < -0.39 is 0 Å². The first-order valence-corrected chi connectivity index (χ1v) is 4.70. The lowest BCUT2D eigenvalue weighted by Gasteiger charge is -2.16. The molecular weight excluding hydrogens is 186 g/mol. The van der Waals surface area contributed by atoms with Gasteiger partial charge in [-0.25, -0.2) is 9.97 Å². The van der Waals surface area contributed by atoms with Gasteiger partial charge in [-0.15, -0.1) is 11.6 Å². The standard InChI is InChI=1S/C9H14ClN3/c1-8(10)6-13(2)7-9-11-4-3-5-12-9/h3-5,8H,6-7H2,1-2H3. The molecule has 0 aromatic carbocycles. The van der Waals surface area contributed by atoms with E-state index in [4.69, 9.17) is 11.6 Å². The normalized spacial score (nSPS) is 13.2. The Morgan fingerprint density at radius 3 is 2.62 bits per heavy atom. The Bertz CT molecular complexity index is 238. The van der Waals surface area contributed by atoms with Gasteiger partial charge >= 0.3 is 0 Å². The summed E-state index contributed by atoms with van der Waals surface area (Å²) in [6.07, 6.45) is 3.50. The van der Waals surface area contributed by atoms with Gasteiger partial charge in [-0.1, -0.05) is 0 Å². The van der Waals surface area contributed by atoms with Crippen LogP contribution in [0.3, 0.4) is 0 Å². The quantitative estimate of drug-likeness (QED) is 0.689. The Morgan fingerprint density at radius 1 is 1.46 bits per heavy atom. The van der Waals surface area contributed by atoms with Crippen molar-refractivity contribution in [1.29, 1.82) is 0 Å². The van der Waals surface area contributed by atoms with Gasteiger partial charge in [0.1, 0.15) is 5.82 Å². The second-order valence-corrected chi connectivity index (χ2v) is 3.89. The molecule has 0 bridgehead atoms. The highest BCUT2D eigenvalue weighted by molar-refractivity contribution is 6.20. The summed E-state index contributed by atoms with van der Waals surface area (Å²) in [5.41, 5.74) is 0. The van der Waals surface area contributed by atoms with Crippen molar-refractivity contribution < 1.29 is 0 Å². The fraction of sp³-hybridized carbons (Fsp3) is 0.556. The summed E-state index contributed by atoms with van der Waals surface area (Å²) in [6, 6.07) is 1.81. The summed E-state index contributed by atoms with van der Waals surface area (Å²) < 4.78 is 0. The van der Waals surface area contributed by atoms with Crippen molar-refractivity contribution in [3.8, 4) is 0 Å². The monoisotopic (exact) mass is 199 g/mol. The Balaban J connectivity index is 2.41. The SMILES string of the molecule is CC(Cl)CN(C)Cc1ncccn1. The van der Waals surface area contributed by atoms with Crippen LogP contribution in [0.25, 0.3) is 0 Å². The van der Waals surface area contributed by atoms with E-state index in [0.717, 1.165) is 18.9 Å². The highest BCUT2D eigenvalue weighted by Crippen LogP contribution is 2.00. The summed E-state index contributed by atoms with van der Waals surface area (Å²) in [4.78, 5) is 10.4. The molecule has 0 radical (unpaired) electrons. The van der Waals surface area contributed by atoms with E-state index in [-0.39, 0.29) is 5.38 Å². The maximum Gasteiger partial charge on any atom is 0.142 e. The third-order valence-corrected chi connectivity index (χ3v) is 1.73. The molecule has 72 valence electrons. The molecule has 1 atom stereocenters. The number of halogens is 1. The fourth-order valence-corrected chi connectivity index (χ4v) is 1.38. The van der Waals surface area contributed by atoms with Crippen molar-refractivity contribution in [2.24, 2.45) is 0 Å². The number of rotatable bonds is 4. The molecule has 13 heavy (non-hydrogen) atoms. The number of aromatic nitrogens is 2. The van der Waals surface area contributed by atoms with E-state index in [2.05, 4.69) is 14.9 Å². The van der Waals surface area contributed by atoms with Gasteiger partial charge in [-0.2, -0.15) is 0 Å². The van der Waals surface area contributed by atoms with Crippen molar-refractivity contribution in [2.45, 2.75) is 18.8 Å². The van der Waals surface area contributed by atoms with E-state index in [1.807, 2.05) is 20.0 Å². The molecule has 1 heterocycles. The second kappa shape index (κ2) is 5.14. The molecule has 1 rings (SSSR count). The van der Waals surface area contributed by atoms with Crippen LogP contribution in [0.1, 0.15) is 12.7 Å². The lowest BCUT2D eigenvalue weighted by Crippen LogP contribution is -2.25. The van der Waals surface area contributed by atoms with E-state index in [1.54, 1.807) is 12.4 Å². The number of hydrogen-bond donors (Lipinski definition) is 0. The molecule has 1 unspecified atom stereocenters.